The number of aromatic nitrogens is 3. The summed E-state index contributed by atoms with van der Waals surface area (Å²) in [5.74, 6) is -0.611. The van der Waals surface area contributed by atoms with Crippen LogP contribution in [0.15, 0.2) is 9.59 Å². The predicted molar refractivity (Wildman–Crippen MR) is 43.5 cm³/mol. The minimum Gasteiger partial charge on any atom is -0.351 e. The molecule has 0 atom stereocenters. The van der Waals surface area contributed by atoms with Gasteiger partial charge in [0.05, 0.1) is 0 Å². The number of rotatable bonds is 2. The van der Waals surface area contributed by atoms with E-state index in [1.165, 1.54) is 0 Å². The molecule has 0 saturated carbocycles. The van der Waals surface area contributed by atoms with Crippen LogP contribution in [0.5, 0.6) is 0 Å². The van der Waals surface area contributed by atoms with E-state index in [9.17, 15) is 14.4 Å². The van der Waals surface area contributed by atoms with Gasteiger partial charge in [-0.1, -0.05) is 0 Å². The van der Waals surface area contributed by atoms with Crippen LogP contribution in [-0.2, 0) is 0 Å². The summed E-state index contributed by atoms with van der Waals surface area (Å²) >= 11 is 0. The molecule has 7 heteroatoms. The first-order valence-corrected chi connectivity index (χ1v) is 3.62. The van der Waals surface area contributed by atoms with Gasteiger partial charge in [0, 0.05) is 6.54 Å². The van der Waals surface area contributed by atoms with Crippen LogP contribution in [-0.4, -0.2) is 27.6 Å². The van der Waals surface area contributed by atoms with Crippen molar-refractivity contribution in [1.29, 1.82) is 0 Å². The fourth-order valence-corrected chi connectivity index (χ4v) is 0.746. The van der Waals surface area contributed by atoms with Crippen molar-refractivity contribution in [2.45, 2.75) is 6.92 Å². The van der Waals surface area contributed by atoms with E-state index in [1.54, 1.807) is 6.92 Å². The fourth-order valence-electron chi connectivity index (χ4n) is 0.746. The summed E-state index contributed by atoms with van der Waals surface area (Å²) in [5, 5.41) is 7.64. The molecule has 0 fully saturated rings. The lowest BCUT2D eigenvalue weighted by Gasteiger charge is -1.97. The predicted octanol–water partition coefficient (Wildman–Crippen LogP) is -1.79. The topological polar surface area (TPSA) is 108 Å². The third-order valence-electron chi connectivity index (χ3n) is 1.26. The second-order valence-electron chi connectivity index (χ2n) is 2.21. The van der Waals surface area contributed by atoms with Crippen LogP contribution in [0.25, 0.3) is 0 Å². The van der Waals surface area contributed by atoms with Crippen molar-refractivity contribution >= 4 is 5.91 Å². The molecule has 7 nitrogen and oxygen atoms in total. The molecule has 0 radical (unpaired) electrons. The molecule has 3 N–H and O–H groups in total. The zero-order valence-corrected chi connectivity index (χ0v) is 6.88. The number of hydrogen-bond acceptors (Lipinski definition) is 4. The molecule has 0 unspecified atom stereocenters. The van der Waals surface area contributed by atoms with Gasteiger partial charge in [-0.05, 0) is 6.92 Å². The Hall–Kier alpha value is -1.92. The van der Waals surface area contributed by atoms with Crippen molar-refractivity contribution in [3.8, 4) is 0 Å². The summed E-state index contributed by atoms with van der Waals surface area (Å²) in [6, 6.07) is 0. The van der Waals surface area contributed by atoms with Gasteiger partial charge in [0.15, 0.2) is 0 Å². The molecule has 1 aromatic rings. The maximum Gasteiger partial charge on any atom is 0.342 e. The van der Waals surface area contributed by atoms with Crippen LogP contribution < -0.4 is 16.6 Å². The smallest absolute Gasteiger partial charge is 0.342 e. The quantitative estimate of drug-likeness (QED) is 0.504. The average Bonchev–Trinajstić information content (AvgIpc) is 2.04. The summed E-state index contributed by atoms with van der Waals surface area (Å²) in [7, 11) is 0. The van der Waals surface area contributed by atoms with E-state index in [4.69, 9.17) is 0 Å². The van der Waals surface area contributed by atoms with Crippen molar-refractivity contribution in [1.82, 2.24) is 20.5 Å². The monoisotopic (exact) mass is 184 g/mol. The Morgan fingerprint density at radius 2 is 2.23 bits per heavy atom. The lowest BCUT2D eigenvalue weighted by Crippen LogP contribution is -2.35. The van der Waals surface area contributed by atoms with Crippen LogP contribution in [0.4, 0.5) is 0 Å². The Labute approximate surface area is 72.2 Å². The molecule has 1 rings (SSSR count). The first-order chi connectivity index (χ1) is 6.15. The fraction of sp³-hybridized carbons (Fsp3) is 0.333. The third-order valence-corrected chi connectivity index (χ3v) is 1.26. The second kappa shape index (κ2) is 3.65. The van der Waals surface area contributed by atoms with Gasteiger partial charge < -0.3 is 5.32 Å². The highest BCUT2D eigenvalue weighted by Crippen LogP contribution is 1.77. The summed E-state index contributed by atoms with van der Waals surface area (Å²) < 4.78 is 0. The molecule has 0 spiro atoms. The molecular weight excluding hydrogens is 176 g/mol. The first kappa shape index (κ1) is 9.17. The molecule has 0 bridgehead atoms. The number of H-pyrrole nitrogens is 2. The first-order valence-electron chi connectivity index (χ1n) is 3.62. The Morgan fingerprint density at radius 3 is 2.77 bits per heavy atom. The Bertz CT molecular complexity index is 418. The summed E-state index contributed by atoms with van der Waals surface area (Å²) in [6.07, 6.45) is 0. The molecule has 0 saturated heterocycles. The molecule has 0 aliphatic rings. The molecule has 0 aromatic carbocycles. The van der Waals surface area contributed by atoms with Crippen molar-refractivity contribution < 1.29 is 4.79 Å². The maximum atomic E-state index is 11.1. The third kappa shape index (κ3) is 2.01. The highest BCUT2D eigenvalue weighted by Gasteiger charge is 2.10. The maximum absolute atomic E-state index is 11.1. The zero-order valence-electron chi connectivity index (χ0n) is 6.88. The number of nitrogens with one attached hydrogen (secondary N) is 3. The van der Waals surface area contributed by atoms with Crippen LogP contribution in [0.1, 0.15) is 17.4 Å². The van der Waals surface area contributed by atoms with Gasteiger partial charge in [-0.15, -0.1) is 0 Å². The van der Waals surface area contributed by atoms with E-state index in [0.717, 1.165) is 0 Å². The van der Waals surface area contributed by atoms with Crippen molar-refractivity contribution in [3.05, 3.63) is 26.5 Å². The number of carbonyl (C=O) groups excluding carboxylic acids is 1. The van der Waals surface area contributed by atoms with E-state index >= 15 is 0 Å². The van der Waals surface area contributed by atoms with Gasteiger partial charge in [-0.3, -0.25) is 14.6 Å². The number of aromatic amines is 2. The van der Waals surface area contributed by atoms with Crippen LogP contribution >= 0.6 is 0 Å². The molecule has 1 amide bonds. The summed E-state index contributed by atoms with van der Waals surface area (Å²) in [5.41, 5.74) is -1.88. The molecule has 0 aliphatic carbocycles. The second-order valence-corrected chi connectivity index (χ2v) is 2.21. The minimum atomic E-state index is -0.797. The van der Waals surface area contributed by atoms with E-state index < -0.39 is 17.2 Å². The number of hydrogen-bond donors (Lipinski definition) is 3. The lowest BCUT2D eigenvalue weighted by atomic mass is 10.4. The summed E-state index contributed by atoms with van der Waals surface area (Å²) in [4.78, 5) is 34.4. The van der Waals surface area contributed by atoms with Crippen LogP contribution in [0, 0.1) is 0 Å². The van der Waals surface area contributed by atoms with E-state index in [1.807, 2.05) is 10.1 Å². The van der Waals surface area contributed by atoms with E-state index in [0.29, 0.717) is 6.54 Å². The molecule has 70 valence electrons. The Morgan fingerprint density at radius 1 is 1.54 bits per heavy atom. The van der Waals surface area contributed by atoms with Gasteiger partial charge in [0.1, 0.15) is 0 Å². The van der Waals surface area contributed by atoms with Gasteiger partial charge in [-0.2, -0.15) is 5.10 Å². The highest BCUT2D eigenvalue weighted by atomic mass is 16.2. The van der Waals surface area contributed by atoms with Crippen LogP contribution in [0.2, 0.25) is 0 Å². The van der Waals surface area contributed by atoms with Gasteiger partial charge in [0.25, 0.3) is 11.5 Å². The van der Waals surface area contributed by atoms with Crippen molar-refractivity contribution in [2.24, 2.45) is 0 Å². The van der Waals surface area contributed by atoms with Gasteiger partial charge in [0.2, 0.25) is 5.69 Å². The average molecular weight is 184 g/mol. The normalized spacial score (nSPS) is 9.62. The standard InChI is InChI=1S/C6H8N4O3/c1-2-7-4(11)3-5(12)8-6(13)10-9-3/h2H2,1H3,(H,7,11)(H2,8,10,12,13). The number of carbonyl (C=O) groups is 1. The van der Waals surface area contributed by atoms with E-state index in [-0.39, 0.29) is 5.69 Å². The largest absolute Gasteiger partial charge is 0.351 e. The summed E-state index contributed by atoms with van der Waals surface area (Å²) in [6.45, 7) is 2.09. The minimum absolute atomic E-state index is 0.346. The molecule has 1 aromatic heterocycles. The van der Waals surface area contributed by atoms with E-state index in [2.05, 4.69) is 10.4 Å². The number of nitrogens with zero attached hydrogens (tertiary/aromatic N) is 1. The Balaban J connectivity index is 3.09. The van der Waals surface area contributed by atoms with Gasteiger partial charge in [-0.25, -0.2) is 9.89 Å². The zero-order chi connectivity index (χ0) is 9.84. The highest BCUT2D eigenvalue weighted by molar-refractivity contribution is 5.91. The molecular formula is C6H8N4O3. The van der Waals surface area contributed by atoms with Crippen LogP contribution in [0.3, 0.4) is 0 Å². The Kier molecular flexibility index (Phi) is 2.58. The van der Waals surface area contributed by atoms with Crippen molar-refractivity contribution in [2.75, 3.05) is 6.54 Å². The molecule has 0 aliphatic heterocycles. The lowest BCUT2D eigenvalue weighted by molar-refractivity contribution is 0.0948. The SMILES string of the molecule is CCNC(=O)c1n[nH]c(=O)[nH]c1=O. The van der Waals surface area contributed by atoms with Gasteiger partial charge >= 0.3 is 5.69 Å². The number of amides is 1. The molecule has 13 heavy (non-hydrogen) atoms. The van der Waals surface area contributed by atoms with Crippen molar-refractivity contribution in [3.63, 3.8) is 0 Å². The molecule has 1 heterocycles.